The zero-order chi connectivity index (χ0) is 15.9. The van der Waals surface area contributed by atoms with Gasteiger partial charge in [0.05, 0.1) is 18.7 Å². The minimum atomic E-state index is -0.172. The van der Waals surface area contributed by atoms with Crippen LogP contribution in [0.25, 0.3) is 0 Å². The summed E-state index contributed by atoms with van der Waals surface area (Å²) in [7, 11) is 1.54. The molecule has 0 spiro atoms. The summed E-state index contributed by atoms with van der Waals surface area (Å²) in [6.45, 7) is 2.10. The maximum absolute atomic E-state index is 12.6. The molecule has 2 rings (SSSR count). The lowest BCUT2D eigenvalue weighted by Crippen LogP contribution is -2.37. The second kappa shape index (κ2) is 7.46. The van der Waals surface area contributed by atoms with Crippen LogP contribution in [0.15, 0.2) is 24.3 Å². The molecule has 0 radical (unpaired) electrons. The van der Waals surface area contributed by atoms with Crippen molar-refractivity contribution in [1.29, 1.82) is 5.26 Å². The van der Waals surface area contributed by atoms with E-state index in [0.29, 0.717) is 43.9 Å². The number of carbonyl (C=O) groups excluding carboxylic acids is 2. The highest BCUT2D eigenvalue weighted by Crippen LogP contribution is 2.20. The molecule has 6 heteroatoms. The quantitative estimate of drug-likeness (QED) is 0.843. The van der Waals surface area contributed by atoms with E-state index in [1.54, 1.807) is 28.0 Å². The molecule has 6 nitrogen and oxygen atoms in total. The van der Waals surface area contributed by atoms with Crippen LogP contribution in [0.5, 0.6) is 5.75 Å². The summed E-state index contributed by atoms with van der Waals surface area (Å²) in [6.07, 6.45) is 0.596. The summed E-state index contributed by atoms with van der Waals surface area (Å²) in [5.74, 6) is 0.287. The Hall–Kier alpha value is -2.55. The molecule has 1 fully saturated rings. The molecule has 116 valence electrons. The van der Waals surface area contributed by atoms with Crippen LogP contribution in [0, 0.1) is 11.3 Å². The fraction of sp³-hybridized carbons (Fsp3) is 0.438. The molecular formula is C16H19N3O3. The summed E-state index contributed by atoms with van der Waals surface area (Å²) in [5, 5.41) is 8.61. The van der Waals surface area contributed by atoms with Gasteiger partial charge in [0.1, 0.15) is 12.2 Å². The molecule has 1 aliphatic heterocycles. The van der Waals surface area contributed by atoms with Gasteiger partial charge in [-0.25, -0.2) is 0 Å². The van der Waals surface area contributed by atoms with Crippen LogP contribution in [0.1, 0.15) is 23.2 Å². The van der Waals surface area contributed by atoms with Gasteiger partial charge in [-0.2, -0.15) is 5.26 Å². The topological polar surface area (TPSA) is 73.6 Å². The fourth-order valence-corrected chi connectivity index (χ4v) is 2.54. The Balaban J connectivity index is 2.06. The van der Waals surface area contributed by atoms with E-state index >= 15 is 0 Å². The SMILES string of the molecule is COc1ccccc1C(=O)N1CCCN(C(=O)CC#N)CC1. The number of rotatable bonds is 3. The molecule has 0 aromatic heterocycles. The van der Waals surface area contributed by atoms with Crippen molar-refractivity contribution < 1.29 is 14.3 Å². The summed E-state index contributed by atoms with van der Waals surface area (Å²) < 4.78 is 5.23. The van der Waals surface area contributed by atoms with Gasteiger partial charge in [-0.3, -0.25) is 9.59 Å². The highest BCUT2D eigenvalue weighted by atomic mass is 16.5. The van der Waals surface area contributed by atoms with Gasteiger partial charge in [0.15, 0.2) is 0 Å². The lowest BCUT2D eigenvalue weighted by molar-refractivity contribution is -0.130. The van der Waals surface area contributed by atoms with Crippen molar-refractivity contribution >= 4 is 11.8 Å². The largest absolute Gasteiger partial charge is 0.496 e. The highest BCUT2D eigenvalue weighted by molar-refractivity contribution is 5.97. The third-order valence-electron chi connectivity index (χ3n) is 3.70. The second-order valence-electron chi connectivity index (χ2n) is 5.06. The molecule has 0 unspecified atom stereocenters. The van der Waals surface area contributed by atoms with Gasteiger partial charge in [-0.1, -0.05) is 12.1 Å². The summed E-state index contributed by atoms with van der Waals surface area (Å²) >= 11 is 0. The molecule has 1 heterocycles. The molecule has 0 atom stereocenters. The molecule has 0 bridgehead atoms. The molecule has 1 aliphatic rings. The number of methoxy groups -OCH3 is 1. The summed E-state index contributed by atoms with van der Waals surface area (Å²) in [5.41, 5.74) is 0.529. The van der Waals surface area contributed by atoms with Crippen LogP contribution in [0.3, 0.4) is 0 Å². The van der Waals surface area contributed by atoms with Crippen molar-refractivity contribution in [2.75, 3.05) is 33.3 Å². The van der Waals surface area contributed by atoms with Crippen LogP contribution < -0.4 is 4.74 Å². The minimum Gasteiger partial charge on any atom is -0.496 e. The lowest BCUT2D eigenvalue weighted by atomic mass is 10.1. The van der Waals surface area contributed by atoms with E-state index in [-0.39, 0.29) is 18.2 Å². The number of hydrogen-bond donors (Lipinski definition) is 0. The molecule has 1 aromatic rings. The molecule has 22 heavy (non-hydrogen) atoms. The fourth-order valence-electron chi connectivity index (χ4n) is 2.54. The molecule has 0 saturated carbocycles. The number of hydrogen-bond acceptors (Lipinski definition) is 4. The van der Waals surface area contributed by atoms with E-state index in [0.717, 1.165) is 0 Å². The Labute approximate surface area is 129 Å². The van der Waals surface area contributed by atoms with Crippen molar-refractivity contribution in [2.45, 2.75) is 12.8 Å². The molecule has 1 aromatic carbocycles. The van der Waals surface area contributed by atoms with Crippen molar-refractivity contribution in [3.05, 3.63) is 29.8 Å². The van der Waals surface area contributed by atoms with E-state index in [1.165, 1.54) is 7.11 Å². The first kappa shape index (κ1) is 15.8. The van der Waals surface area contributed by atoms with Crippen molar-refractivity contribution in [3.63, 3.8) is 0 Å². The third-order valence-corrected chi connectivity index (χ3v) is 3.70. The average Bonchev–Trinajstić information content (AvgIpc) is 2.80. The van der Waals surface area contributed by atoms with E-state index in [2.05, 4.69) is 0 Å². The first-order valence-corrected chi connectivity index (χ1v) is 7.24. The van der Waals surface area contributed by atoms with E-state index in [9.17, 15) is 9.59 Å². The number of nitriles is 1. The first-order chi connectivity index (χ1) is 10.7. The maximum atomic E-state index is 12.6. The Kier molecular flexibility index (Phi) is 5.37. The minimum absolute atomic E-state index is 0.0907. The number of benzene rings is 1. The van der Waals surface area contributed by atoms with Crippen molar-refractivity contribution in [3.8, 4) is 11.8 Å². The standard InChI is InChI=1S/C16H19N3O3/c1-22-14-6-3-2-5-13(14)16(21)19-10-4-9-18(11-12-19)15(20)7-8-17/h2-3,5-6H,4,7,9-12H2,1H3. The molecule has 0 aliphatic carbocycles. The van der Waals surface area contributed by atoms with E-state index in [1.807, 2.05) is 12.1 Å². The Morgan fingerprint density at radius 3 is 2.59 bits per heavy atom. The first-order valence-electron chi connectivity index (χ1n) is 7.24. The van der Waals surface area contributed by atoms with Crippen LogP contribution >= 0.6 is 0 Å². The van der Waals surface area contributed by atoms with Crippen LogP contribution in [0.4, 0.5) is 0 Å². The van der Waals surface area contributed by atoms with Gasteiger partial charge in [-0.05, 0) is 18.6 Å². The Morgan fingerprint density at radius 2 is 1.86 bits per heavy atom. The van der Waals surface area contributed by atoms with Gasteiger partial charge >= 0.3 is 0 Å². The Bertz CT molecular complexity index is 595. The predicted molar refractivity (Wildman–Crippen MR) is 80.3 cm³/mol. The van der Waals surface area contributed by atoms with Crippen LogP contribution in [0.2, 0.25) is 0 Å². The van der Waals surface area contributed by atoms with Crippen LogP contribution in [-0.4, -0.2) is 54.9 Å². The van der Waals surface area contributed by atoms with Crippen molar-refractivity contribution in [2.24, 2.45) is 0 Å². The average molecular weight is 301 g/mol. The van der Waals surface area contributed by atoms with Crippen LogP contribution in [-0.2, 0) is 4.79 Å². The molecule has 1 saturated heterocycles. The number of carbonyl (C=O) groups is 2. The predicted octanol–water partition coefficient (Wildman–Crippen LogP) is 1.28. The zero-order valence-electron chi connectivity index (χ0n) is 12.6. The summed E-state index contributed by atoms with van der Waals surface area (Å²) in [4.78, 5) is 27.8. The highest BCUT2D eigenvalue weighted by Gasteiger charge is 2.24. The molecule has 2 amide bonds. The van der Waals surface area contributed by atoms with Gasteiger partial charge in [0.25, 0.3) is 5.91 Å². The second-order valence-corrected chi connectivity index (χ2v) is 5.06. The van der Waals surface area contributed by atoms with Gasteiger partial charge in [0, 0.05) is 26.2 Å². The zero-order valence-corrected chi connectivity index (χ0v) is 12.6. The van der Waals surface area contributed by atoms with E-state index in [4.69, 9.17) is 10.00 Å². The molecular weight excluding hydrogens is 282 g/mol. The smallest absolute Gasteiger partial charge is 0.257 e. The van der Waals surface area contributed by atoms with E-state index < -0.39 is 0 Å². The van der Waals surface area contributed by atoms with Gasteiger partial charge < -0.3 is 14.5 Å². The molecule has 0 N–H and O–H groups in total. The number of amides is 2. The normalized spacial score (nSPS) is 14.9. The monoisotopic (exact) mass is 301 g/mol. The number of para-hydroxylation sites is 1. The van der Waals surface area contributed by atoms with Gasteiger partial charge in [0.2, 0.25) is 5.91 Å². The number of ether oxygens (including phenoxy) is 1. The Morgan fingerprint density at radius 1 is 1.18 bits per heavy atom. The van der Waals surface area contributed by atoms with Gasteiger partial charge in [-0.15, -0.1) is 0 Å². The van der Waals surface area contributed by atoms with Crippen molar-refractivity contribution in [1.82, 2.24) is 9.80 Å². The third kappa shape index (κ3) is 3.55. The summed E-state index contributed by atoms with van der Waals surface area (Å²) in [6, 6.07) is 8.99. The number of nitrogens with zero attached hydrogens (tertiary/aromatic N) is 3. The maximum Gasteiger partial charge on any atom is 0.257 e. The lowest BCUT2D eigenvalue weighted by Gasteiger charge is -2.22.